The van der Waals surface area contributed by atoms with Gasteiger partial charge in [0.25, 0.3) is 0 Å². The van der Waals surface area contributed by atoms with E-state index < -0.39 is 5.97 Å². The molecule has 0 fully saturated rings. The molecule has 0 atom stereocenters. The molecule has 0 spiro atoms. The van der Waals surface area contributed by atoms with Crippen molar-refractivity contribution in [3.63, 3.8) is 0 Å². The van der Waals surface area contributed by atoms with Crippen LogP contribution < -0.4 is 0 Å². The molecule has 0 radical (unpaired) electrons. The van der Waals surface area contributed by atoms with Gasteiger partial charge in [-0.3, -0.25) is 0 Å². The van der Waals surface area contributed by atoms with Crippen LogP contribution in [0.3, 0.4) is 0 Å². The largest absolute Gasteiger partial charge is 0.478 e. The van der Waals surface area contributed by atoms with Crippen LogP contribution >= 0.6 is 25.0 Å². The zero-order chi connectivity index (χ0) is 8.27. The fourth-order valence-electron chi connectivity index (χ4n) is 0.677. The minimum Gasteiger partial charge on any atom is -0.478 e. The van der Waals surface area contributed by atoms with Crippen LogP contribution in [0.4, 0.5) is 0 Å². The van der Waals surface area contributed by atoms with Crippen molar-refractivity contribution in [2.75, 3.05) is 0 Å². The lowest BCUT2D eigenvalue weighted by Crippen LogP contribution is -1.94. The first-order valence-corrected chi connectivity index (χ1v) is 5.52. The van der Waals surface area contributed by atoms with Gasteiger partial charge in [0.1, 0.15) is 0 Å². The van der Waals surface area contributed by atoms with Crippen LogP contribution in [0.25, 0.3) is 0 Å². The summed E-state index contributed by atoms with van der Waals surface area (Å²) in [6.07, 6.45) is 0. The Bertz CT molecular complexity index is 275. The second-order valence-corrected chi connectivity index (χ2v) is 3.51. The number of rotatable bonds is 2. The van der Waals surface area contributed by atoms with Gasteiger partial charge in [0.05, 0.1) is 5.56 Å². The number of aromatic carboxylic acids is 1. The fourth-order valence-corrected chi connectivity index (χ4v) is 1.58. The van der Waals surface area contributed by atoms with E-state index in [-0.39, 0.29) is 0 Å². The lowest BCUT2D eigenvalue weighted by atomic mass is 10.2. The Labute approximate surface area is 75.8 Å². The molecule has 2 nitrogen and oxygen atoms in total. The zero-order valence-corrected chi connectivity index (χ0v) is 7.85. The van der Waals surface area contributed by atoms with Gasteiger partial charge in [0, 0.05) is 4.90 Å². The summed E-state index contributed by atoms with van der Waals surface area (Å²) in [4.78, 5) is 11.3. The maximum Gasteiger partial charge on any atom is 0.335 e. The summed E-state index contributed by atoms with van der Waals surface area (Å²) in [5.41, 5.74) is 0.314. The van der Waals surface area contributed by atoms with Gasteiger partial charge in [-0.1, -0.05) is 6.07 Å². The molecule has 1 aromatic carbocycles. The molecule has 0 aliphatic rings. The molecule has 1 rings (SSSR count). The molecule has 0 unspecified atom stereocenters. The molecule has 0 heterocycles. The van der Waals surface area contributed by atoms with Gasteiger partial charge < -0.3 is 5.11 Å². The third-order valence-corrected chi connectivity index (χ3v) is 2.72. The Balaban J connectivity index is 3.01. The summed E-state index contributed by atoms with van der Waals surface area (Å²) in [5.74, 6) is -0.895. The number of carboxylic acids is 1. The van der Waals surface area contributed by atoms with Crippen LogP contribution in [0, 0.1) is 0 Å². The van der Waals surface area contributed by atoms with E-state index in [9.17, 15) is 4.79 Å². The Morgan fingerprint density at radius 2 is 2.27 bits per heavy atom. The predicted molar refractivity (Wildman–Crippen MR) is 48.2 cm³/mol. The number of carbonyl (C=O) groups is 1. The Hall–Kier alpha value is -0.480. The summed E-state index contributed by atoms with van der Waals surface area (Å²) in [6, 6.07) is 6.73. The highest BCUT2D eigenvalue weighted by atomic mass is 79.9. The maximum absolute atomic E-state index is 10.4. The third-order valence-electron chi connectivity index (χ3n) is 1.17. The molecule has 0 aromatic heterocycles. The second kappa shape index (κ2) is 3.78. The molecule has 1 aromatic rings. The maximum atomic E-state index is 10.4. The SMILES string of the molecule is O=C(O)c1cccc(SBr)c1. The summed E-state index contributed by atoms with van der Waals surface area (Å²) in [7, 11) is 1.35. The molecule has 0 amide bonds. The normalized spacial score (nSPS) is 9.55. The molecule has 0 aliphatic heterocycles. The minimum absolute atomic E-state index is 0.314. The summed E-state index contributed by atoms with van der Waals surface area (Å²) >= 11 is 3.16. The van der Waals surface area contributed by atoms with Crippen LogP contribution in [-0.2, 0) is 0 Å². The second-order valence-electron chi connectivity index (χ2n) is 1.91. The monoisotopic (exact) mass is 232 g/mol. The number of halogens is 1. The van der Waals surface area contributed by atoms with Gasteiger partial charge in [-0.25, -0.2) is 4.79 Å². The predicted octanol–water partition coefficient (Wildman–Crippen LogP) is 2.79. The van der Waals surface area contributed by atoms with Crippen LogP contribution in [-0.4, -0.2) is 11.1 Å². The first-order valence-electron chi connectivity index (χ1n) is 2.86. The van der Waals surface area contributed by atoms with Crippen molar-refractivity contribution >= 4 is 31.0 Å². The molecular weight excluding hydrogens is 228 g/mol. The average Bonchev–Trinajstić information content (AvgIpc) is 2.05. The summed E-state index contributed by atoms with van der Waals surface area (Å²) in [5, 5.41) is 8.58. The number of hydrogen-bond acceptors (Lipinski definition) is 2. The van der Waals surface area contributed by atoms with Gasteiger partial charge in [0.15, 0.2) is 0 Å². The van der Waals surface area contributed by atoms with Gasteiger partial charge in [-0.2, -0.15) is 0 Å². The Morgan fingerprint density at radius 3 is 2.82 bits per heavy atom. The molecule has 11 heavy (non-hydrogen) atoms. The molecule has 1 N–H and O–H groups in total. The van der Waals surface area contributed by atoms with Crippen molar-refractivity contribution in [3.8, 4) is 0 Å². The van der Waals surface area contributed by atoms with Crippen LogP contribution in [0.1, 0.15) is 10.4 Å². The van der Waals surface area contributed by atoms with E-state index in [2.05, 4.69) is 14.8 Å². The quantitative estimate of drug-likeness (QED) is 0.853. The van der Waals surface area contributed by atoms with E-state index >= 15 is 0 Å². The molecule has 0 saturated carbocycles. The van der Waals surface area contributed by atoms with Crippen molar-refractivity contribution < 1.29 is 9.90 Å². The lowest BCUT2D eigenvalue weighted by Gasteiger charge is -1.95. The van der Waals surface area contributed by atoms with Gasteiger partial charge in [-0.15, -0.1) is 0 Å². The minimum atomic E-state index is -0.895. The van der Waals surface area contributed by atoms with Crippen LogP contribution in [0.2, 0.25) is 0 Å². The van der Waals surface area contributed by atoms with Crippen molar-refractivity contribution in [1.29, 1.82) is 0 Å². The van der Waals surface area contributed by atoms with E-state index in [1.165, 1.54) is 10.2 Å². The van der Waals surface area contributed by atoms with E-state index in [0.29, 0.717) is 5.56 Å². The Morgan fingerprint density at radius 1 is 1.55 bits per heavy atom. The van der Waals surface area contributed by atoms with E-state index in [1.54, 1.807) is 18.2 Å². The molecule has 4 heteroatoms. The standard InChI is InChI=1S/C7H5BrO2S/c8-11-6-3-1-2-5(4-6)7(9)10/h1-4H,(H,9,10). The molecule has 0 bridgehead atoms. The van der Waals surface area contributed by atoms with E-state index in [0.717, 1.165) is 4.90 Å². The first-order chi connectivity index (χ1) is 5.24. The topological polar surface area (TPSA) is 37.3 Å². The molecule has 0 aliphatic carbocycles. The van der Waals surface area contributed by atoms with Crippen molar-refractivity contribution in [1.82, 2.24) is 0 Å². The highest BCUT2D eigenvalue weighted by molar-refractivity contribution is 9.50. The van der Waals surface area contributed by atoms with Crippen molar-refractivity contribution in [2.24, 2.45) is 0 Å². The highest BCUT2D eigenvalue weighted by Crippen LogP contribution is 2.24. The smallest absolute Gasteiger partial charge is 0.335 e. The molecule has 0 saturated heterocycles. The average molecular weight is 233 g/mol. The van der Waals surface area contributed by atoms with Crippen LogP contribution in [0.15, 0.2) is 29.2 Å². The van der Waals surface area contributed by atoms with Crippen molar-refractivity contribution in [3.05, 3.63) is 29.8 Å². The Kier molecular flexibility index (Phi) is 2.96. The van der Waals surface area contributed by atoms with E-state index in [4.69, 9.17) is 5.11 Å². The highest BCUT2D eigenvalue weighted by Gasteiger charge is 2.01. The van der Waals surface area contributed by atoms with Gasteiger partial charge in [0.2, 0.25) is 0 Å². The number of benzene rings is 1. The van der Waals surface area contributed by atoms with Gasteiger partial charge >= 0.3 is 5.97 Å². The zero-order valence-electron chi connectivity index (χ0n) is 5.45. The summed E-state index contributed by atoms with van der Waals surface area (Å²) in [6.45, 7) is 0. The first kappa shape index (κ1) is 8.62. The summed E-state index contributed by atoms with van der Waals surface area (Å²) < 4.78 is 0. The lowest BCUT2D eigenvalue weighted by molar-refractivity contribution is 0.0696. The molecular formula is C7H5BrO2S. The fraction of sp³-hybridized carbons (Fsp3) is 0. The number of carboxylic acid groups (broad SMARTS) is 1. The van der Waals surface area contributed by atoms with E-state index in [1.807, 2.05) is 6.07 Å². The third kappa shape index (κ3) is 2.24. The van der Waals surface area contributed by atoms with Crippen molar-refractivity contribution in [2.45, 2.75) is 4.90 Å². The van der Waals surface area contributed by atoms with Gasteiger partial charge in [-0.05, 0) is 43.2 Å². The van der Waals surface area contributed by atoms with Crippen LogP contribution in [0.5, 0.6) is 0 Å². The molecule has 58 valence electrons. The number of hydrogen-bond donors (Lipinski definition) is 1.